The molecule has 5 nitrogen and oxygen atoms in total. The van der Waals surface area contributed by atoms with Crippen LogP contribution in [0.4, 0.5) is 0 Å². The zero-order valence-electron chi connectivity index (χ0n) is 16.9. The van der Waals surface area contributed by atoms with E-state index >= 15 is 0 Å². The van der Waals surface area contributed by atoms with E-state index < -0.39 is 0 Å². The summed E-state index contributed by atoms with van der Waals surface area (Å²) in [4.78, 5) is 2.54. The first-order valence-corrected chi connectivity index (χ1v) is 10.5. The number of aryl methyl sites for hydroxylation is 1. The molecule has 1 fully saturated rings. The molecule has 2 aliphatic heterocycles. The Morgan fingerprint density at radius 3 is 2.90 bits per heavy atom. The third kappa shape index (κ3) is 3.87. The molecule has 0 radical (unpaired) electrons. The number of aromatic nitrogens is 2. The van der Waals surface area contributed by atoms with Crippen molar-refractivity contribution in [3.05, 3.63) is 65.5 Å². The van der Waals surface area contributed by atoms with E-state index in [9.17, 15) is 0 Å². The first-order valence-electron chi connectivity index (χ1n) is 10.5. The molecule has 0 unspecified atom stereocenters. The molecule has 0 amide bonds. The lowest BCUT2D eigenvalue weighted by atomic mass is 9.90. The normalized spacial score (nSPS) is 19.3. The van der Waals surface area contributed by atoms with E-state index in [4.69, 9.17) is 9.47 Å². The number of ether oxygens (including phenoxy) is 2. The van der Waals surface area contributed by atoms with Crippen molar-refractivity contribution in [2.24, 2.45) is 0 Å². The van der Waals surface area contributed by atoms with Gasteiger partial charge in [0.05, 0.1) is 6.20 Å². The lowest BCUT2D eigenvalue weighted by molar-refractivity contribution is 0.170. The number of aromatic amines is 1. The van der Waals surface area contributed by atoms with Gasteiger partial charge in [0.25, 0.3) is 0 Å². The van der Waals surface area contributed by atoms with Crippen molar-refractivity contribution in [2.45, 2.75) is 32.2 Å². The second-order valence-corrected chi connectivity index (χ2v) is 8.12. The van der Waals surface area contributed by atoms with Gasteiger partial charge in [-0.3, -0.25) is 10.00 Å². The minimum Gasteiger partial charge on any atom is -0.486 e. The van der Waals surface area contributed by atoms with Crippen LogP contribution in [-0.2, 0) is 6.54 Å². The predicted octanol–water partition coefficient (Wildman–Crippen LogP) is 4.54. The summed E-state index contributed by atoms with van der Waals surface area (Å²) in [5, 5.41) is 7.69. The van der Waals surface area contributed by atoms with Gasteiger partial charge in [0.15, 0.2) is 11.5 Å². The molecule has 2 aliphatic rings. The highest BCUT2D eigenvalue weighted by Crippen LogP contribution is 2.35. The van der Waals surface area contributed by atoms with Crippen LogP contribution in [-0.4, -0.2) is 41.4 Å². The third-order valence-corrected chi connectivity index (χ3v) is 5.92. The molecule has 2 aromatic carbocycles. The first-order chi connectivity index (χ1) is 14.3. The molecule has 1 N–H and O–H groups in total. The van der Waals surface area contributed by atoms with Crippen LogP contribution in [0.3, 0.4) is 0 Å². The number of hydrogen-bond acceptors (Lipinski definition) is 4. The third-order valence-electron chi connectivity index (χ3n) is 5.92. The number of likely N-dealkylation sites (tertiary alicyclic amines) is 1. The Kier molecular flexibility index (Phi) is 4.98. The van der Waals surface area contributed by atoms with Crippen LogP contribution in [0.5, 0.6) is 11.5 Å². The summed E-state index contributed by atoms with van der Waals surface area (Å²) in [6.45, 7) is 6.49. The van der Waals surface area contributed by atoms with Crippen LogP contribution in [0.15, 0.2) is 48.7 Å². The van der Waals surface area contributed by atoms with Gasteiger partial charge in [-0.1, -0.05) is 35.9 Å². The molecule has 3 aromatic rings. The minimum atomic E-state index is 0.471. The highest BCUT2D eigenvalue weighted by molar-refractivity contribution is 5.66. The Balaban J connectivity index is 1.32. The van der Waals surface area contributed by atoms with Crippen molar-refractivity contribution in [1.29, 1.82) is 0 Å². The topological polar surface area (TPSA) is 50.4 Å². The molecule has 1 saturated heterocycles. The van der Waals surface area contributed by atoms with Crippen LogP contribution in [0.1, 0.15) is 35.6 Å². The van der Waals surface area contributed by atoms with Crippen LogP contribution < -0.4 is 9.47 Å². The fraction of sp³-hybridized carbons (Fsp3) is 0.375. The number of piperidine rings is 1. The van der Waals surface area contributed by atoms with Crippen LogP contribution in [0.25, 0.3) is 11.1 Å². The van der Waals surface area contributed by atoms with Gasteiger partial charge in [-0.2, -0.15) is 5.10 Å². The lowest BCUT2D eigenvalue weighted by Crippen LogP contribution is -2.34. The largest absolute Gasteiger partial charge is 0.486 e. The molecular formula is C24H27N3O2. The van der Waals surface area contributed by atoms with Crippen LogP contribution >= 0.6 is 0 Å². The molecule has 1 atom stereocenters. The highest BCUT2D eigenvalue weighted by Gasteiger charge is 2.25. The second-order valence-electron chi connectivity index (χ2n) is 8.12. The fourth-order valence-corrected chi connectivity index (χ4v) is 4.53. The number of H-pyrrole nitrogens is 1. The van der Waals surface area contributed by atoms with Gasteiger partial charge in [0.1, 0.15) is 13.2 Å². The first kappa shape index (κ1) is 18.3. The summed E-state index contributed by atoms with van der Waals surface area (Å²) in [6, 6.07) is 15.0. The van der Waals surface area contributed by atoms with Crippen LogP contribution in [0.2, 0.25) is 0 Å². The minimum absolute atomic E-state index is 0.471. The Labute approximate surface area is 171 Å². The van der Waals surface area contributed by atoms with Gasteiger partial charge in [-0.05, 0) is 49.6 Å². The second kappa shape index (κ2) is 7.91. The number of benzene rings is 2. The average Bonchev–Trinajstić information content (AvgIpc) is 3.24. The molecule has 0 bridgehead atoms. The molecule has 0 saturated carbocycles. The van der Waals surface area contributed by atoms with Gasteiger partial charge >= 0.3 is 0 Å². The van der Waals surface area contributed by atoms with Crippen molar-refractivity contribution in [2.75, 3.05) is 26.3 Å². The van der Waals surface area contributed by atoms with Gasteiger partial charge in [0.2, 0.25) is 0 Å². The number of fused-ring (bicyclic) bond motifs is 1. The summed E-state index contributed by atoms with van der Waals surface area (Å²) in [5.74, 6) is 2.20. The van der Waals surface area contributed by atoms with E-state index in [2.05, 4.69) is 58.4 Å². The molecule has 3 heterocycles. The molecule has 5 heteroatoms. The number of nitrogens with one attached hydrogen (secondary N) is 1. The highest BCUT2D eigenvalue weighted by atomic mass is 16.6. The summed E-state index contributed by atoms with van der Waals surface area (Å²) < 4.78 is 11.4. The quantitative estimate of drug-likeness (QED) is 0.712. The Morgan fingerprint density at radius 1 is 1.10 bits per heavy atom. The molecule has 1 aromatic heterocycles. The predicted molar refractivity (Wildman–Crippen MR) is 113 cm³/mol. The van der Waals surface area contributed by atoms with Crippen molar-refractivity contribution in [1.82, 2.24) is 15.1 Å². The zero-order valence-corrected chi connectivity index (χ0v) is 16.9. The monoisotopic (exact) mass is 389 g/mol. The number of hydrogen-bond donors (Lipinski definition) is 1. The van der Waals surface area contributed by atoms with Gasteiger partial charge < -0.3 is 9.47 Å². The van der Waals surface area contributed by atoms with E-state index in [0.29, 0.717) is 19.1 Å². The number of nitrogens with zero attached hydrogens (tertiary/aromatic N) is 2. The summed E-state index contributed by atoms with van der Waals surface area (Å²) >= 11 is 0. The standard InChI is InChI=1S/C24H27N3O2/c1-17-4-2-5-19(12-17)21-14-25-26-24(21)20-6-3-9-27(16-20)15-18-7-8-22-23(13-18)29-11-10-28-22/h2,4-5,7-8,12-14,20H,3,6,9-11,15-16H2,1H3,(H,25,26)/t20-/m1/s1. The zero-order chi connectivity index (χ0) is 19.6. The Bertz CT molecular complexity index is 997. The van der Waals surface area contributed by atoms with Crippen molar-refractivity contribution in [3.8, 4) is 22.6 Å². The number of rotatable bonds is 4. The maximum Gasteiger partial charge on any atom is 0.161 e. The molecular weight excluding hydrogens is 362 g/mol. The average molecular weight is 389 g/mol. The molecule has 5 rings (SSSR count). The Hall–Kier alpha value is -2.79. The smallest absolute Gasteiger partial charge is 0.161 e. The molecule has 0 spiro atoms. The van der Waals surface area contributed by atoms with E-state index in [-0.39, 0.29) is 0 Å². The van der Waals surface area contributed by atoms with Gasteiger partial charge in [0, 0.05) is 30.3 Å². The van der Waals surface area contributed by atoms with E-state index in [1.165, 1.54) is 40.8 Å². The van der Waals surface area contributed by atoms with Crippen LogP contribution in [0, 0.1) is 6.92 Å². The van der Waals surface area contributed by atoms with Gasteiger partial charge in [-0.15, -0.1) is 0 Å². The molecule has 150 valence electrons. The van der Waals surface area contributed by atoms with E-state index in [1.54, 1.807) is 0 Å². The SMILES string of the molecule is Cc1cccc(-c2cn[nH]c2[C@@H]2CCCN(Cc3ccc4c(c3)OCCO4)C2)c1. The summed E-state index contributed by atoms with van der Waals surface area (Å²) in [5.41, 5.74) is 6.30. The molecule has 29 heavy (non-hydrogen) atoms. The fourth-order valence-electron chi connectivity index (χ4n) is 4.53. The lowest BCUT2D eigenvalue weighted by Gasteiger charge is -2.33. The van der Waals surface area contributed by atoms with E-state index in [0.717, 1.165) is 31.1 Å². The van der Waals surface area contributed by atoms with Crippen molar-refractivity contribution < 1.29 is 9.47 Å². The van der Waals surface area contributed by atoms with E-state index in [1.807, 2.05) is 12.3 Å². The maximum absolute atomic E-state index is 5.75. The van der Waals surface area contributed by atoms with Gasteiger partial charge in [-0.25, -0.2) is 0 Å². The molecule has 0 aliphatic carbocycles. The summed E-state index contributed by atoms with van der Waals surface area (Å²) in [6.07, 6.45) is 4.37. The van der Waals surface area contributed by atoms with Crippen molar-refractivity contribution >= 4 is 0 Å². The Morgan fingerprint density at radius 2 is 2.00 bits per heavy atom. The maximum atomic E-state index is 5.75. The summed E-state index contributed by atoms with van der Waals surface area (Å²) in [7, 11) is 0. The van der Waals surface area contributed by atoms with Crippen molar-refractivity contribution in [3.63, 3.8) is 0 Å².